The summed E-state index contributed by atoms with van der Waals surface area (Å²) < 4.78 is 0. The second-order valence-corrected chi connectivity index (χ2v) is 7.01. The summed E-state index contributed by atoms with van der Waals surface area (Å²) in [6, 6.07) is 13.6. The molecule has 7 heteroatoms. The van der Waals surface area contributed by atoms with Crippen LogP contribution in [0.1, 0.15) is 29.7 Å². The van der Waals surface area contributed by atoms with Crippen molar-refractivity contribution in [3.05, 3.63) is 65.2 Å². The van der Waals surface area contributed by atoms with Crippen LogP contribution in [0.4, 0.5) is 10.5 Å². The van der Waals surface area contributed by atoms with Crippen LogP contribution in [0.3, 0.4) is 0 Å². The Kier molecular flexibility index (Phi) is 7.91. The van der Waals surface area contributed by atoms with Crippen LogP contribution in [-0.2, 0) is 9.59 Å². The van der Waals surface area contributed by atoms with Crippen LogP contribution in [0.5, 0.6) is 0 Å². The Hall–Kier alpha value is -3.19. The van der Waals surface area contributed by atoms with Crippen molar-refractivity contribution in [2.45, 2.75) is 26.8 Å². The number of carbonyl (C=O) groups is 3. The number of amides is 4. The van der Waals surface area contributed by atoms with Gasteiger partial charge in [-0.2, -0.15) is 0 Å². The molecular formula is C22H29N4O3+. The standard InChI is InChI=1S/C22H28N4O3/c1-5-23-22(29)25-21(28)20(17-11-7-6-8-12-17)26(4)14-19(27)24-18-13-9-10-15(2)16(18)3/h6-13,20H,5,14H2,1-4H3,(H,24,27)(H2,23,25,28,29)/p+1/t20-/m0/s1. The van der Waals surface area contributed by atoms with E-state index < -0.39 is 18.0 Å². The molecule has 2 rings (SSSR count). The molecule has 0 radical (unpaired) electrons. The van der Waals surface area contributed by atoms with Gasteiger partial charge in [0, 0.05) is 17.8 Å². The molecule has 2 aromatic rings. The van der Waals surface area contributed by atoms with Gasteiger partial charge in [0.05, 0.1) is 7.05 Å². The lowest BCUT2D eigenvalue weighted by atomic mass is 10.0. The third-order valence-electron chi connectivity index (χ3n) is 4.78. The van der Waals surface area contributed by atoms with E-state index >= 15 is 0 Å². The van der Waals surface area contributed by atoms with Crippen LogP contribution in [0.2, 0.25) is 0 Å². The van der Waals surface area contributed by atoms with E-state index in [1.54, 1.807) is 14.0 Å². The van der Waals surface area contributed by atoms with Crippen molar-refractivity contribution in [1.82, 2.24) is 10.6 Å². The lowest BCUT2D eigenvalue weighted by molar-refractivity contribution is -0.894. The van der Waals surface area contributed by atoms with Gasteiger partial charge in [0.25, 0.3) is 11.8 Å². The highest BCUT2D eigenvalue weighted by Crippen LogP contribution is 2.17. The van der Waals surface area contributed by atoms with E-state index in [1.807, 2.05) is 62.4 Å². The zero-order chi connectivity index (χ0) is 21.4. The quantitative estimate of drug-likeness (QED) is 0.568. The third kappa shape index (κ3) is 6.15. The molecular weight excluding hydrogens is 368 g/mol. The molecule has 29 heavy (non-hydrogen) atoms. The first kappa shape index (κ1) is 22.1. The van der Waals surface area contributed by atoms with Crippen molar-refractivity contribution < 1.29 is 19.3 Å². The Morgan fingerprint density at radius 1 is 1.00 bits per heavy atom. The van der Waals surface area contributed by atoms with Crippen molar-refractivity contribution in [2.24, 2.45) is 0 Å². The molecule has 0 aliphatic carbocycles. The number of aryl methyl sites for hydroxylation is 1. The number of likely N-dealkylation sites (N-methyl/N-ethyl adjacent to an activating group) is 1. The summed E-state index contributed by atoms with van der Waals surface area (Å²) in [6.07, 6.45) is 0. The summed E-state index contributed by atoms with van der Waals surface area (Å²) in [7, 11) is 1.76. The Bertz CT molecular complexity index is 868. The first-order valence-corrected chi connectivity index (χ1v) is 9.65. The lowest BCUT2D eigenvalue weighted by Crippen LogP contribution is -3.11. The second kappa shape index (κ2) is 10.4. The van der Waals surface area contributed by atoms with Crippen molar-refractivity contribution in [1.29, 1.82) is 0 Å². The summed E-state index contributed by atoms with van der Waals surface area (Å²) in [4.78, 5) is 37.9. The number of rotatable bonds is 7. The monoisotopic (exact) mass is 397 g/mol. The van der Waals surface area contributed by atoms with E-state index in [0.717, 1.165) is 22.4 Å². The van der Waals surface area contributed by atoms with Gasteiger partial charge in [-0.3, -0.25) is 14.9 Å². The first-order chi connectivity index (χ1) is 13.8. The summed E-state index contributed by atoms with van der Waals surface area (Å²) in [5, 5.41) is 7.82. The normalized spacial score (nSPS) is 12.6. The van der Waals surface area contributed by atoms with Gasteiger partial charge < -0.3 is 15.5 Å². The van der Waals surface area contributed by atoms with E-state index in [-0.39, 0.29) is 12.5 Å². The summed E-state index contributed by atoms with van der Waals surface area (Å²) in [5.41, 5.74) is 3.58. The zero-order valence-corrected chi connectivity index (χ0v) is 17.3. The molecule has 7 nitrogen and oxygen atoms in total. The number of hydrogen-bond donors (Lipinski definition) is 4. The van der Waals surface area contributed by atoms with Crippen molar-refractivity contribution in [2.75, 3.05) is 25.5 Å². The number of benzene rings is 2. The van der Waals surface area contributed by atoms with Gasteiger partial charge in [-0.1, -0.05) is 42.5 Å². The molecule has 1 unspecified atom stereocenters. The Morgan fingerprint density at radius 3 is 2.34 bits per heavy atom. The van der Waals surface area contributed by atoms with Crippen LogP contribution >= 0.6 is 0 Å². The van der Waals surface area contributed by atoms with Crippen molar-refractivity contribution >= 4 is 23.5 Å². The van der Waals surface area contributed by atoms with Crippen LogP contribution in [-0.4, -0.2) is 38.0 Å². The molecule has 0 saturated carbocycles. The molecule has 0 aromatic heterocycles. The summed E-state index contributed by atoms with van der Waals surface area (Å²) in [5.74, 6) is -0.665. The Balaban J connectivity index is 2.15. The molecule has 0 aliphatic rings. The maximum atomic E-state index is 12.8. The van der Waals surface area contributed by atoms with Gasteiger partial charge in [-0.15, -0.1) is 0 Å². The van der Waals surface area contributed by atoms with Crippen LogP contribution in [0, 0.1) is 13.8 Å². The van der Waals surface area contributed by atoms with Gasteiger partial charge in [0.2, 0.25) is 0 Å². The number of anilines is 1. The maximum absolute atomic E-state index is 12.8. The number of urea groups is 1. The van der Waals surface area contributed by atoms with Crippen LogP contribution < -0.4 is 20.9 Å². The van der Waals surface area contributed by atoms with Gasteiger partial charge in [-0.25, -0.2) is 4.79 Å². The minimum Gasteiger partial charge on any atom is -0.338 e. The first-order valence-electron chi connectivity index (χ1n) is 9.65. The van der Waals surface area contributed by atoms with E-state index in [0.29, 0.717) is 11.4 Å². The van der Waals surface area contributed by atoms with Gasteiger partial charge in [0.1, 0.15) is 0 Å². The largest absolute Gasteiger partial charge is 0.338 e. The minimum absolute atomic E-state index is 0.0652. The van der Waals surface area contributed by atoms with E-state index in [9.17, 15) is 14.4 Å². The third-order valence-corrected chi connectivity index (χ3v) is 4.78. The molecule has 4 N–H and O–H groups in total. The average Bonchev–Trinajstić information content (AvgIpc) is 2.66. The lowest BCUT2D eigenvalue weighted by Gasteiger charge is -2.24. The topological polar surface area (TPSA) is 91.7 Å². The molecule has 4 amide bonds. The highest BCUT2D eigenvalue weighted by atomic mass is 16.2. The molecule has 0 saturated heterocycles. The molecule has 2 aromatic carbocycles. The highest BCUT2D eigenvalue weighted by Gasteiger charge is 2.31. The second-order valence-electron chi connectivity index (χ2n) is 7.01. The summed E-state index contributed by atoms with van der Waals surface area (Å²) in [6.45, 7) is 6.19. The number of imide groups is 1. The SMILES string of the molecule is CCNC(=O)NC(=O)[C@H](c1ccccc1)[NH+](C)CC(=O)Nc1cccc(C)c1C. The Labute approximate surface area is 171 Å². The molecule has 0 spiro atoms. The number of hydrogen-bond acceptors (Lipinski definition) is 3. The molecule has 0 bridgehead atoms. The number of quaternary nitrogens is 1. The van der Waals surface area contributed by atoms with E-state index in [1.165, 1.54) is 0 Å². The van der Waals surface area contributed by atoms with E-state index in [4.69, 9.17) is 0 Å². The zero-order valence-electron chi connectivity index (χ0n) is 17.3. The smallest absolute Gasteiger partial charge is 0.321 e. The molecule has 0 aliphatic heterocycles. The fourth-order valence-corrected chi connectivity index (χ4v) is 3.13. The van der Waals surface area contributed by atoms with Gasteiger partial charge >= 0.3 is 6.03 Å². The average molecular weight is 397 g/mol. The molecule has 154 valence electrons. The van der Waals surface area contributed by atoms with Crippen molar-refractivity contribution in [3.8, 4) is 0 Å². The fourth-order valence-electron chi connectivity index (χ4n) is 3.13. The predicted molar refractivity (Wildman–Crippen MR) is 113 cm³/mol. The van der Waals surface area contributed by atoms with Crippen LogP contribution in [0.15, 0.2) is 48.5 Å². The molecule has 0 heterocycles. The number of carbonyl (C=O) groups excluding carboxylic acids is 3. The molecule has 2 atom stereocenters. The fraction of sp³-hybridized carbons (Fsp3) is 0.318. The van der Waals surface area contributed by atoms with Gasteiger partial charge in [0.15, 0.2) is 12.6 Å². The maximum Gasteiger partial charge on any atom is 0.321 e. The molecule has 0 fully saturated rings. The van der Waals surface area contributed by atoms with Crippen LogP contribution in [0.25, 0.3) is 0 Å². The van der Waals surface area contributed by atoms with Gasteiger partial charge in [-0.05, 0) is 38.0 Å². The van der Waals surface area contributed by atoms with E-state index in [2.05, 4.69) is 16.0 Å². The number of nitrogens with one attached hydrogen (secondary N) is 4. The predicted octanol–water partition coefficient (Wildman–Crippen LogP) is 1.34. The van der Waals surface area contributed by atoms with Crippen molar-refractivity contribution in [3.63, 3.8) is 0 Å². The summed E-state index contributed by atoms with van der Waals surface area (Å²) >= 11 is 0. The minimum atomic E-state index is -0.705. The highest BCUT2D eigenvalue weighted by molar-refractivity contribution is 5.97. The Morgan fingerprint density at radius 2 is 1.69 bits per heavy atom.